The van der Waals surface area contributed by atoms with Crippen molar-refractivity contribution in [3.8, 4) is 0 Å². The molecule has 0 saturated heterocycles. The molecule has 0 aliphatic rings. The molecular formula is C26H54O. The number of rotatable bonds is 23. The van der Waals surface area contributed by atoms with Crippen molar-refractivity contribution in [3.63, 3.8) is 0 Å². The number of aliphatic hydroxyl groups excluding tert-OH is 1. The molecule has 0 radical (unpaired) electrons. The highest BCUT2D eigenvalue weighted by Gasteiger charge is 2.03. The normalized spacial score (nSPS) is 12.6. The first-order chi connectivity index (χ1) is 13.3. The fourth-order valence-corrected chi connectivity index (χ4v) is 4.06. The van der Waals surface area contributed by atoms with Crippen LogP contribution in [-0.4, -0.2) is 11.2 Å². The standard InChI is InChI=1S/C26H54O/c1-3-5-7-9-11-12-13-14-15-16-17-19-21-23-25-26(27)24-22-20-18-10-8-6-4-2/h26-27H,3-25H2,1-2H3/t26-/m1/s1. The molecule has 0 unspecified atom stereocenters. The summed E-state index contributed by atoms with van der Waals surface area (Å²) < 4.78 is 0. The Labute approximate surface area is 173 Å². The van der Waals surface area contributed by atoms with Gasteiger partial charge in [-0.25, -0.2) is 0 Å². The summed E-state index contributed by atoms with van der Waals surface area (Å²) in [5, 5.41) is 10.1. The van der Waals surface area contributed by atoms with Gasteiger partial charge in [0.15, 0.2) is 0 Å². The van der Waals surface area contributed by atoms with E-state index in [4.69, 9.17) is 0 Å². The van der Waals surface area contributed by atoms with Crippen LogP contribution in [0.4, 0.5) is 0 Å². The van der Waals surface area contributed by atoms with Crippen LogP contribution in [0.2, 0.25) is 0 Å². The average Bonchev–Trinajstić information content (AvgIpc) is 2.67. The van der Waals surface area contributed by atoms with Crippen molar-refractivity contribution >= 4 is 0 Å². The SMILES string of the molecule is CCCCCCCCCCCCCCCC[C@H](O)CCCCCCCCC. The fraction of sp³-hybridized carbons (Fsp3) is 1.00. The molecule has 0 aromatic heterocycles. The predicted octanol–water partition coefficient (Wildman–Crippen LogP) is 9.36. The summed E-state index contributed by atoms with van der Waals surface area (Å²) >= 11 is 0. The second kappa shape index (κ2) is 24.0. The molecule has 0 aromatic carbocycles. The van der Waals surface area contributed by atoms with Gasteiger partial charge in [-0.15, -0.1) is 0 Å². The zero-order valence-corrected chi connectivity index (χ0v) is 19.3. The first kappa shape index (κ1) is 27.0. The lowest BCUT2D eigenvalue weighted by molar-refractivity contribution is 0.147. The third-order valence-corrected chi connectivity index (χ3v) is 6.03. The van der Waals surface area contributed by atoms with Gasteiger partial charge in [-0.05, 0) is 12.8 Å². The average molecular weight is 383 g/mol. The van der Waals surface area contributed by atoms with Gasteiger partial charge in [0.05, 0.1) is 6.10 Å². The molecule has 164 valence electrons. The second-order valence-corrected chi connectivity index (χ2v) is 8.95. The molecule has 0 amide bonds. The van der Waals surface area contributed by atoms with Crippen molar-refractivity contribution in [1.82, 2.24) is 0 Å². The maximum absolute atomic E-state index is 10.1. The largest absolute Gasteiger partial charge is 0.393 e. The lowest BCUT2D eigenvalue weighted by Gasteiger charge is -2.10. The van der Waals surface area contributed by atoms with Crippen molar-refractivity contribution < 1.29 is 5.11 Å². The van der Waals surface area contributed by atoms with Crippen molar-refractivity contribution in [2.24, 2.45) is 0 Å². The van der Waals surface area contributed by atoms with Crippen LogP contribution in [-0.2, 0) is 0 Å². The van der Waals surface area contributed by atoms with Crippen LogP contribution in [0.1, 0.15) is 162 Å². The van der Waals surface area contributed by atoms with Gasteiger partial charge in [-0.1, -0.05) is 149 Å². The topological polar surface area (TPSA) is 20.2 Å². The molecule has 0 rings (SSSR count). The van der Waals surface area contributed by atoms with E-state index in [2.05, 4.69) is 13.8 Å². The molecule has 0 aliphatic carbocycles. The summed E-state index contributed by atoms with van der Waals surface area (Å²) in [5.41, 5.74) is 0. The Morgan fingerprint density at radius 2 is 0.593 bits per heavy atom. The van der Waals surface area contributed by atoms with E-state index >= 15 is 0 Å². The maximum atomic E-state index is 10.1. The van der Waals surface area contributed by atoms with Gasteiger partial charge in [-0.3, -0.25) is 0 Å². The van der Waals surface area contributed by atoms with Gasteiger partial charge in [-0.2, -0.15) is 0 Å². The lowest BCUT2D eigenvalue weighted by Crippen LogP contribution is -2.05. The van der Waals surface area contributed by atoms with Crippen molar-refractivity contribution in [2.75, 3.05) is 0 Å². The van der Waals surface area contributed by atoms with E-state index in [1.165, 1.54) is 135 Å². The molecular weight excluding hydrogens is 328 g/mol. The summed E-state index contributed by atoms with van der Waals surface area (Å²) in [5.74, 6) is 0. The molecule has 0 heterocycles. The molecule has 0 aliphatic heterocycles. The van der Waals surface area contributed by atoms with Crippen LogP contribution in [0.3, 0.4) is 0 Å². The van der Waals surface area contributed by atoms with Crippen LogP contribution in [0, 0.1) is 0 Å². The minimum absolute atomic E-state index is 0.0297. The molecule has 0 spiro atoms. The Morgan fingerprint density at radius 1 is 0.370 bits per heavy atom. The zero-order valence-electron chi connectivity index (χ0n) is 19.3. The number of aliphatic hydroxyl groups is 1. The van der Waals surface area contributed by atoms with Crippen LogP contribution in [0.5, 0.6) is 0 Å². The Kier molecular flexibility index (Phi) is 24.0. The summed E-state index contributed by atoms with van der Waals surface area (Å²) in [7, 11) is 0. The summed E-state index contributed by atoms with van der Waals surface area (Å²) in [6.07, 6.45) is 31.2. The van der Waals surface area contributed by atoms with E-state index in [1.54, 1.807) is 0 Å². The molecule has 27 heavy (non-hydrogen) atoms. The van der Waals surface area contributed by atoms with Gasteiger partial charge < -0.3 is 5.11 Å². The van der Waals surface area contributed by atoms with Crippen molar-refractivity contribution in [1.29, 1.82) is 0 Å². The van der Waals surface area contributed by atoms with Crippen LogP contribution in [0.15, 0.2) is 0 Å². The Bertz CT molecular complexity index is 251. The van der Waals surface area contributed by atoms with E-state index in [-0.39, 0.29) is 6.10 Å². The van der Waals surface area contributed by atoms with Gasteiger partial charge in [0.2, 0.25) is 0 Å². The summed E-state index contributed by atoms with van der Waals surface area (Å²) in [6.45, 7) is 4.56. The quantitative estimate of drug-likeness (QED) is 0.174. The Balaban J connectivity index is 3.10. The first-order valence-corrected chi connectivity index (χ1v) is 13.0. The van der Waals surface area contributed by atoms with E-state index in [0.717, 1.165) is 12.8 Å². The zero-order chi connectivity index (χ0) is 19.8. The predicted molar refractivity (Wildman–Crippen MR) is 124 cm³/mol. The molecule has 1 N–H and O–H groups in total. The van der Waals surface area contributed by atoms with Crippen molar-refractivity contribution in [3.05, 3.63) is 0 Å². The second-order valence-electron chi connectivity index (χ2n) is 8.95. The van der Waals surface area contributed by atoms with Gasteiger partial charge in [0.1, 0.15) is 0 Å². The highest BCUT2D eigenvalue weighted by molar-refractivity contribution is 4.58. The minimum Gasteiger partial charge on any atom is -0.393 e. The van der Waals surface area contributed by atoms with Crippen LogP contribution < -0.4 is 0 Å². The maximum Gasteiger partial charge on any atom is 0.0540 e. The summed E-state index contributed by atoms with van der Waals surface area (Å²) in [6, 6.07) is 0. The first-order valence-electron chi connectivity index (χ1n) is 13.0. The van der Waals surface area contributed by atoms with Crippen LogP contribution >= 0.6 is 0 Å². The Hall–Kier alpha value is -0.0400. The lowest BCUT2D eigenvalue weighted by atomic mass is 10.0. The van der Waals surface area contributed by atoms with E-state index < -0.39 is 0 Å². The molecule has 1 atom stereocenters. The fourth-order valence-electron chi connectivity index (χ4n) is 4.06. The van der Waals surface area contributed by atoms with E-state index in [9.17, 15) is 5.11 Å². The minimum atomic E-state index is -0.0297. The van der Waals surface area contributed by atoms with Gasteiger partial charge in [0.25, 0.3) is 0 Å². The third kappa shape index (κ3) is 23.9. The van der Waals surface area contributed by atoms with Crippen molar-refractivity contribution in [2.45, 2.75) is 168 Å². The number of hydrogen-bond acceptors (Lipinski definition) is 1. The van der Waals surface area contributed by atoms with Gasteiger partial charge >= 0.3 is 0 Å². The summed E-state index contributed by atoms with van der Waals surface area (Å²) in [4.78, 5) is 0. The van der Waals surface area contributed by atoms with Gasteiger partial charge in [0, 0.05) is 0 Å². The van der Waals surface area contributed by atoms with E-state index in [1.807, 2.05) is 0 Å². The molecule has 1 heteroatoms. The smallest absolute Gasteiger partial charge is 0.0540 e. The Morgan fingerprint density at radius 3 is 0.852 bits per heavy atom. The number of hydrogen-bond donors (Lipinski definition) is 1. The van der Waals surface area contributed by atoms with E-state index in [0.29, 0.717) is 0 Å². The highest BCUT2D eigenvalue weighted by Crippen LogP contribution is 2.15. The van der Waals surface area contributed by atoms with Crippen LogP contribution in [0.25, 0.3) is 0 Å². The molecule has 0 fully saturated rings. The third-order valence-electron chi connectivity index (χ3n) is 6.03. The molecule has 1 nitrogen and oxygen atoms in total. The molecule has 0 bridgehead atoms. The molecule has 0 saturated carbocycles. The highest BCUT2D eigenvalue weighted by atomic mass is 16.3. The molecule has 0 aromatic rings. The monoisotopic (exact) mass is 382 g/mol. The number of unbranched alkanes of at least 4 members (excludes halogenated alkanes) is 19.